The maximum Gasteiger partial charge on any atom is 0.217 e. The highest BCUT2D eigenvalue weighted by molar-refractivity contribution is 5.73. The van der Waals surface area contributed by atoms with Crippen LogP contribution in [0.3, 0.4) is 0 Å². The Hall–Kier alpha value is -1.75. The summed E-state index contributed by atoms with van der Waals surface area (Å²) in [7, 11) is 3.35. The Labute approximate surface area is 131 Å². The summed E-state index contributed by atoms with van der Waals surface area (Å²) in [4.78, 5) is 13.8. The summed E-state index contributed by atoms with van der Waals surface area (Å²) in [6.45, 7) is 3.58. The summed E-state index contributed by atoms with van der Waals surface area (Å²) in [5, 5.41) is 3.07. The summed E-state index contributed by atoms with van der Waals surface area (Å²) in [6.07, 6.45) is 3.05. The van der Waals surface area contributed by atoms with Crippen molar-refractivity contribution in [2.75, 3.05) is 20.8 Å². The highest BCUT2D eigenvalue weighted by Gasteiger charge is 2.33. The van der Waals surface area contributed by atoms with Crippen LogP contribution < -0.4 is 14.8 Å². The molecule has 0 unspecified atom stereocenters. The summed E-state index contributed by atoms with van der Waals surface area (Å²) >= 11 is 0. The average molecular weight is 304 g/mol. The van der Waals surface area contributed by atoms with Crippen molar-refractivity contribution in [1.82, 2.24) is 10.2 Å². The Morgan fingerprint density at radius 2 is 1.91 bits per heavy atom. The van der Waals surface area contributed by atoms with Crippen LogP contribution in [0.25, 0.3) is 0 Å². The Morgan fingerprint density at radius 1 is 1.23 bits per heavy atom. The number of ether oxygens (including phenoxy) is 2. The second-order valence-electron chi connectivity index (χ2n) is 6.23. The zero-order chi connectivity index (χ0) is 15.7. The van der Waals surface area contributed by atoms with Gasteiger partial charge >= 0.3 is 0 Å². The molecular formula is C17H24N2O3. The van der Waals surface area contributed by atoms with Crippen molar-refractivity contribution in [3.05, 3.63) is 23.3 Å². The van der Waals surface area contributed by atoms with Gasteiger partial charge in [0.1, 0.15) is 0 Å². The lowest BCUT2D eigenvalue weighted by atomic mass is 9.86. The molecule has 3 rings (SSSR count). The SMILES string of the molecule is COc1cc2c(cc1OC)CN1CC[C@@H](NC(C)=O)C[C@H]1C2. The first kappa shape index (κ1) is 15.2. The molecule has 1 N–H and O–H groups in total. The molecule has 2 atom stereocenters. The third kappa shape index (κ3) is 2.90. The molecular weight excluding hydrogens is 280 g/mol. The highest BCUT2D eigenvalue weighted by Crippen LogP contribution is 2.36. The lowest BCUT2D eigenvalue weighted by Crippen LogP contribution is -2.51. The number of hydrogen-bond donors (Lipinski definition) is 1. The van der Waals surface area contributed by atoms with Gasteiger partial charge in [0.05, 0.1) is 14.2 Å². The quantitative estimate of drug-likeness (QED) is 0.924. The standard InChI is InChI=1S/C17H24N2O3/c1-11(20)18-14-4-5-19-10-13-8-17(22-3)16(21-2)7-12(13)6-15(19)9-14/h7-8,14-15H,4-6,9-10H2,1-3H3,(H,18,20)/t14-,15-/m1/s1. The smallest absolute Gasteiger partial charge is 0.217 e. The summed E-state index contributed by atoms with van der Waals surface area (Å²) in [5.74, 6) is 1.66. The number of benzene rings is 1. The third-order valence-corrected chi connectivity index (χ3v) is 4.78. The number of piperidine rings is 1. The molecule has 5 nitrogen and oxygen atoms in total. The van der Waals surface area contributed by atoms with Crippen LogP contribution in [-0.2, 0) is 17.8 Å². The molecule has 0 bridgehead atoms. The summed E-state index contributed by atoms with van der Waals surface area (Å²) in [6, 6.07) is 5.01. The Balaban J connectivity index is 1.80. The van der Waals surface area contributed by atoms with Crippen molar-refractivity contribution >= 4 is 5.91 Å². The van der Waals surface area contributed by atoms with Gasteiger partial charge in [0.15, 0.2) is 11.5 Å². The van der Waals surface area contributed by atoms with Crippen LogP contribution in [0.4, 0.5) is 0 Å². The molecule has 1 aromatic rings. The van der Waals surface area contributed by atoms with Crippen molar-refractivity contribution in [2.24, 2.45) is 0 Å². The Kier molecular flexibility index (Phi) is 4.25. The van der Waals surface area contributed by atoms with Crippen LogP contribution in [0, 0.1) is 0 Å². The number of carbonyl (C=O) groups is 1. The largest absolute Gasteiger partial charge is 0.493 e. The van der Waals surface area contributed by atoms with Crippen LogP contribution in [0.2, 0.25) is 0 Å². The van der Waals surface area contributed by atoms with Gasteiger partial charge in [-0.1, -0.05) is 0 Å². The van der Waals surface area contributed by atoms with Gasteiger partial charge in [-0.25, -0.2) is 0 Å². The van der Waals surface area contributed by atoms with E-state index in [1.54, 1.807) is 21.1 Å². The number of fused-ring (bicyclic) bond motifs is 2. The lowest BCUT2D eigenvalue weighted by Gasteiger charge is -2.43. The topological polar surface area (TPSA) is 50.8 Å². The third-order valence-electron chi connectivity index (χ3n) is 4.78. The second kappa shape index (κ2) is 6.16. The van der Waals surface area contributed by atoms with E-state index in [2.05, 4.69) is 22.3 Å². The minimum Gasteiger partial charge on any atom is -0.493 e. The van der Waals surface area contributed by atoms with E-state index < -0.39 is 0 Å². The van der Waals surface area contributed by atoms with Gasteiger partial charge in [-0.2, -0.15) is 0 Å². The molecule has 0 radical (unpaired) electrons. The first-order chi connectivity index (χ1) is 10.6. The highest BCUT2D eigenvalue weighted by atomic mass is 16.5. The normalized spacial score (nSPS) is 24.1. The lowest BCUT2D eigenvalue weighted by molar-refractivity contribution is -0.120. The molecule has 0 spiro atoms. The predicted octanol–water partition coefficient (Wildman–Crippen LogP) is 1.73. The van der Waals surface area contributed by atoms with E-state index >= 15 is 0 Å². The van der Waals surface area contributed by atoms with Crippen LogP contribution in [0.1, 0.15) is 30.9 Å². The number of hydrogen-bond acceptors (Lipinski definition) is 4. The van der Waals surface area contributed by atoms with E-state index in [1.165, 1.54) is 11.1 Å². The van der Waals surface area contributed by atoms with Crippen molar-refractivity contribution in [1.29, 1.82) is 0 Å². The minimum absolute atomic E-state index is 0.0704. The fourth-order valence-electron chi connectivity index (χ4n) is 3.71. The zero-order valence-corrected chi connectivity index (χ0v) is 13.5. The van der Waals surface area contributed by atoms with Crippen molar-refractivity contribution in [3.63, 3.8) is 0 Å². The maximum absolute atomic E-state index is 11.3. The number of amides is 1. The molecule has 0 aliphatic carbocycles. The second-order valence-corrected chi connectivity index (χ2v) is 6.23. The van der Waals surface area contributed by atoms with E-state index in [0.717, 1.165) is 43.9 Å². The van der Waals surface area contributed by atoms with Gasteiger partial charge in [0.2, 0.25) is 5.91 Å². The zero-order valence-electron chi connectivity index (χ0n) is 13.5. The maximum atomic E-state index is 11.3. The van der Waals surface area contributed by atoms with E-state index in [1.807, 2.05) is 0 Å². The number of carbonyl (C=O) groups excluding carboxylic acids is 1. The Morgan fingerprint density at radius 3 is 2.55 bits per heavy atom. The molecule has 5 heteroatoms. The van der Waals surface area contributed by atoms with E-state index in [-0.39, 0.29) is 5.91 Å². The fraction of sp³-hybridized carbons (Fsp3) is 0.588. The number of nitrogens with one attached hydrogen (secondary N) is 1. The molecule has 1 amide bonds. The molecule has 120 valence electrons. The molecule has 22 heavy (non-hydrogen) atoms. The number of methoxy groups -OCH3 is 2. The van der Waals surface area contributed by atoms with Crippen molar-refractivity contribution in [2.45, 2.75) is 44.8 Å². The van der Waals surface area contributed by atoms with Crippen LogP contribution in [0.5, 0.6) is 11.5 Å². The van der Waals surface area contributed by atoms with E-state index in [0.29, 0.717) is 12.1 Å². The molecule has 2 aliphatic heterocycles. The average Bonchev–Trinajstić information content (AvgIpc) is 2.51. The van der Waals surface area contributed by atoms with Crippen molar-refractivity contribution in [3.8, 4) is 11.5 Å². The van der Waals surface area contributed by atoms with Crippen molar-refractivity contribution < 1.29 is 14.3 Å². The predicted molar refractivity (Wildman–Crippen MR) is 84.3 cm³/mol. The monoisotopic (exact) mass is 304 g/mol. The summed E-state index contributed by atoms with van der Waals surface area (Å²) < 4.78 is 10.8. The van der Waals surface area contributed by atoms with E-state index in [4.69, 9.17) is 9.47 Å². The van der Waals surface area contributed by atoms with Gasteiger partial charge in [-0.05, 0) is 42.5 Å². The van der Waals surface area contributed by atoms with E-state index in [9.17, 15) is 4.79 Å². The first-order valence-electron chi connectivity index (χ1n) is 7.85. The van der Waals surface area contributed by atoms with Gasteiger partial charge < -0.3 is 14.8 Å². The van der Waals surface area contributed by atoms with Gasteiger partial charge in [0.25, 0.3) is 0 Å². The van der Waals surface area contributed by atoms with Crippen LogP contribution >= 0.6 is 0 Å². The molecule has 1 fully saturated rings. The first-order valence-corrected chi connectivity index (χ1v) is 7.85. The fourth-order valence-corrected chi connectivity index (χ4v) is 3.71. The molecule has 0 aromatic heterocycles. The number of rotatable bonds is 3. The minimum atomic E-state index is 0.0704. The van der Waals surface area contributed by atoms with Gasteiger partial charge in [0, 0.05) is 32.1 Å². The molecule has 1 saturated heterocycles. The van der Waals surface area contributed by atoms with Gasteiger partial charge in [-0.15, -0.1) is 0 Å². The number of nitrogens with zero attached hydrogens (tertiary/aromatic N) is 1. The molecule has 2 aliphatic rings. The molecule has 2 heterocycles. The summed E-state index contributed by atoms with van der Waals surface area (Å²) in [5.41, 5.74) is 2.66. The van der Waals surface area contributed by atoms with Crippen LogP contribution in [-0.4, -0.2) is 43.7 Å². The van der Waals surface area contributed by atoms with Crippen LogP contribution in [0.15, 0.2) is 12.1 Å². The van der Waals surface area contributed by atoms with Gasteiger partial charge in [-0.3, -0.25) is 9.69 Å². The molecule has 0 saturated carbocycles. The molecule has 1 aromatic carbocycles. The Bertz CT molecular complexity index is 573.